The van der Waals surface area contributed by atoms with Crippen LogP contribution in [0, 0.1) is 24.0 Å². The molecule has 0 atom stereocenters. The highest BCUT2D eigenvalue weighted by Crippen LogP contribution is 2.27. The molecule has 0 spiro atoms. The summed E-state index contributed by atoms with van der Waals surface area (Å²) in [5.41, 5.74) is 0.175. The molecular formula is C21H17Cl2N3O6. The molecule has 32 heavy (non-hydrogen) atoms. The number of ether oxygens (including phenoxy) is 1. The lowest BCUT2D eigenvalue weighted by Gasteiger charge is -2.11. The van der Waals surface area contributed by atoms with Crippen molar-refractivity contribution in [3.05, 3.63) is 89.6 Å². The third-order valence-electron chi connectivity index (χ3n) is 4.84. The van der Waals surface area contributed by atoms with Crippen LogP contribution in [0.1, 0.15) is 32.1 Å². The minimum atomic E-state index is -1.01. The molecular weight excluding hydrogens is 461 g/mol. The van der Waals surface area contributed by atoms with Gasteiger partial charge in [0, 0.05) is 44.9 Å². The molecule has 0 amide bonds. The second kappa shape index (κ2) is 8.97. The molecule has 2 aromatic heterocycles. The molecule has 0 saturated heterocycles. The van der Waals surface area contributed by atoms with Gasteiger partial charge in [-0.2, -0.15) is 0 Å². The Bertz CT molecular complexity index is 1310. The van der Waals surface area contributed by atoms with Crippen LogP contribution in [-0.4, -0.2) is 32.9 Å². The van der Waals surface area contributed by atoms with Gasteiger partial charge in [-0.3, -0.25) is 19.7 Å². The number of methoxy groups -OCH3 is 1. The second-order valence-electron chi connectivity index (χ2n) is 6.97. The third kappa shape index (κ3) is 4.44. The van der Waals surface area contributed by atoms with Crippen LogP contribution < -0.4 is 5.56 Å². The Morgan fingerprint density at radius 2 is 1.72 bits per heavy atom. The number of hydrogen-bond donors (Lipinski definition) is 0. The molecule has 0 unspecified atom stereocenters. The summed E-state index contributed by atoms with van der Waals surface area (Å²) in [5.74, 6) is -1.35. The van der Waals surface area contributed by atoms with E-state index in [0.717, 1.165) is 23.9 Å². The fraction of sp³-hybridized carbons (Fsp3) is 0.190. The molecule has 0 saturated carbocycles. The van der Waals surface area contributed by atoms with E-state index in [2.05, 4.69) is 4.74 Å². The number of ketones is 1. The number of halogens is 2. The number of nitro groups is 1. The zero-order valence-electron chi connectivity index (χ0n) is 17.2. The van der Waals surface area contributed by atoms with Crippen LogP contribution in [0.25, 0.3) is 5.69 Å². The van der Waals surface area contributed by atoms with Gasteiger partial charge < -0.3 is 13.9 Å². The molecule has 9 nitrogen and oxygen atoms in total. The van der Waals surface area contributed by atoms with Gasteiger partial charge in [0.25, 0.3) is 0 Å². The fourth-order valence-corrected chi connectivity index (χ4v) is 3.96. The zero-order valence-corrected chi connectivity index (χ0v) is 18.7. The summed E-state index contributed by atoms with van der Waals surface area (Å²) in [7, 11) is 1.10. The van der Waals surface area contributed by atoms with Crippen molar-refractivity contribution in [3.8, 4) is 5.69 Å². The quantitative estimate of drug-likeness (QED) is 0.228. The van der Waals surface area contributed by atoms with Crippen LogP contribution in [0.5, 0.6) is 0 Å². The number of rotatable bonds is 6. The smallest absolute Gasteiger partial charge is 0.339 e. The van der Waals surface area contributed by atoms with Gasteiger partial charge in [0.15, 0.2) is 5.78 Å². The molecule has 166 valence electrons. The lowest BCUT2D eigenvalue weighted by atomic mass is 10.1. The van der Waals surface area contributed by atoms with Gasteiger partial charge in [0.1, 0.15) is 0 Å². The third-order valence-corrected chi connectivity index (χ3v) is 5.27. The van der Waals surface area contributed by atoms with Crippen molar-refractivity contribution in [2.24, 2.45) is 0 Å². The highest BCUT2D eigenvalue weighted by molar-refractivity contribution is 6.34. The number of aryl methyl sites for hydroxylation is 1. The van der Waals surface area contributed by atoms with Gasteiger partial charge in [0.05, 0.1) is 24.1 Å². The Balaban J connectivity index is 2.05. The van der Waals surface area contributed by atoms with Gasteiger partial charge in [-0.1, -0.05) is 23.2 Å². The van der Waals surface area contributed by atoms with Crippen molar-refractivity contribution in [3.63, 3.8) is 0 Å². The van der Waals surface area contributed by atoms with Gasteiger partial charge in [0.2, 0.25) is 0 Å². The summed E-state index contributed by atoms with van der Waals surface area (Å²) in [5, 5.41) is 12.1. The van der Waals surface area contributed by atoms with Crippen molar-refractivity contribution in [1.29, 1.82) is 0 Å². The van der Waals surface area contributed by atoms with Gasteiger partial charge in [-0.15, -0.1) is 0 Å². The Morgan fingerprint density at radius 3 is 2.28 bits per heavy atom. The van der Waals surface area contributed by atoms with Crippen molar-refractivity contribution >= 4 is 40.6 Å². The second-order valence-corrected chi connectivity index (χ2v) is 7.84. The Labute approximate surface area is 191 Å². The highest BCUT2D eigenvalue weighted by Gasteiger charge is 2.23. The van der Waals surface area contributed by atoms with Crippen molar-refractivity contribution in [2.45, 2.75) is 20.4 Å². The molecule has 0 bridgehead atoms. The largest absolute Gasteiger partial charge is 0.465 e. The van der Waals surface area contributed by atoms with E-state index in [1.807, 2.05) is 0 Å². The van der Waals surface area contributed by atoms with Crippen molar-refractivity contribution in [2.75, 3.05) is 7.11 Å². The summed E-state index contributed by atoms with van der Waals surface area (Å²) in [6.45, 7) is 2.99. The van der Waals surface area contributed by atoms with E-state index in [1.54, 1.807) is 42.7 Å². The van der Waals surface area contributed by atoms with E-state index in [0.29, 0.717) is 32.7 Å². The Morgan fingerprint density at radius 1 is 1.09 bits per heavy atom. The molecule has 3 aromatic rings. The van der Waals surface area contributed by atoms with Crippen LogP contribution in [0.2, 0.25) is 10.0 Å². The standard InChI is InChI=1S/C21H17Cl2N3O6/c1-11-4-17(12(2)25(11)16-7-14(22)6-15(23)8-16)19(27)10-24-9-13(21(29)32-3)5-18(20(24)28)26(30)31/h4-9H,10H2,1-3H3. The number of nitrogens with zero attached hydrogens (tertiary/aromatic N) is 3. The Kier molecular flexibility index (Phi) is 6.52. The monoisotopic (exact) mass is 477 g/mol. The van der Waals surface area contributed by atoms with Crippen LogP contribution in [0.4, 0.5) is 5.69 Å². The molecule has 1 aromatic carbocycles. The zero-order chi connectivity index (χ0) is 23.7. The number of hydrogen-bond acceptors (Lipinski definition) is 6. The van der Waals surface area contributed by atoms with Crippen LogP contribution in [0.3, 0.4) is 0 Å². The molecule has 2 heterocycles. The molecule has 0 N–H and O–H groups in total. The van der Waals surface area contributed by atoms with E-state index >= 15 is 0 Å². The number of carbonyl (C=O) groups excluding carboxylic acids is 2. The maximum absolute atomic E-state index is 13.0. The molecule has 0 radical (unpaired) electrons. The number of pyridine rings is 1. The first kappa shape index (κ1) is 23.2. The average Bonchev–Trinajstić information content (AvgIpc) is 3.01. The lowest BCUT2D eigenvalue weighted by molar-refractivity contribution is -0.386. The van der Waals surface area contributed by atoms with Crippen LogP contribution >= 0.6 is 23.2 Å². The Hall–Kier alpha value is -3.43. The summed E-state index contributed by atoms with van der Waals surface area (Å²) < 4.78 is 7.18. The van der Waals surface area contributed by atoms with E-state index in [9.17, 15) is 24.5 Å². The fourth-order valence-electron chi connectivity index (χ4n) is 3.45. The minimum Gasteiger partial charge on any atom is -0.465 e. The van der Waals surface area contributed by atoms with Crippen molar-refractivity contribution in [1.82, 2.24) is 9.13 Å². The normalized spacial score (nSPS) is 10.8. The summed E-state index contributed by atoms with van der Waals surface area (Å²) >= 11 is 12.2. The molecule has 0 aliphatic heterocycles. The van der Waals surface area contributed by atoms with Crippen LogP contribution in [0.15, 0.2) is 41.3 Å². The highest BCUT2D eigenvalue weighted by atomic mass is 35.5. The van der Waals surface area contributed by atoms with E-state index in [4.69, 9.17) is 23.2 Å². The SMILES string of the molecule is COC(=O)c1cc([N+](=O)[O-])c(=O)n(CC(=O)c2cc(C)n(-c3cc(Cl)cc(Cl)c3)c2C)c1. The maximum atomic E-state index is 13.0. The van der Waals surface area contributed by atoms with Gasteiger partial charge >= 0.3 is 17.2 Å². The van der Waals surface area contributed by atoms with Crippen LogP contribution in [-0.2, 0) is 11.3 Å². The number of aromatic nitrogens is 2. The van der Waals surface area contributed by atoms with Gasteiger partial charge in [-0.05, 0) is 38.1 Å². The van der Waals surface area contributed by atoms with Gasteiger partial charge in [-0.25, -0.2) is 4.79 Å². The number of benzene rings is 1. The summed E-state index contributed by atoms with van der Waals surface area (Å²) in [4.78, 5) is 47.7. The lowest BCUT2D eigenvalue weighted by Crippen LogP contribution is -2.27. The predicted octanol–water partition coefficient (Wildman–Crippen LogP) is 4.14. The molecule has 0 aliphatic rings. The minimum absolute atomic E-state index is 0.217. The number of Topliss-reactive ketones (excluding diaryl/α,β-unsaturated/α-hetero) is 1. The average molecular weight is 478 g/mol. The number of carbonyl (C=O) groups is 2. The number of esters is 1. The first-order chi connectivity index (χ1) is 15.0. The topological polar surface area (TPSA) is 113 Å². The van der Waals surface area contributed by atoms with E-state index < -0.39 is 34.5 Å². The van der Waals surface area contributed by atoms with E-state index in [-0.39, 0.29) is 5.56 Å². The molecule has 0 fully saturated rings. The molecule has 11 heteroatoms. The maximum Gasteiger partial charge on any atom is 0.339 e. The predicted molar refractivity (Wildman–Crippen MR) is 118 cm³/mol. The summed E-state index contributed by atoms with van der Waals surface area (Å²) in [6.07, 6.45) is 1.06. The summed E-state index contributed by atoms with van der Waals surface area (Å²) in [6, 6.07) is 7.42. The van der Waals surface area contributed by atoms with Crippen molar-refractivity contribution < 1.29 is 19.2 Å². The first-order valence-electron chi connectivity index (χ1n) is 9.19. The first-order valence-corrected chi connectivity index (χ1v) is 9.95. The molecule has 3 rings (SSSR count). The molecule has 0 aliphatic carbocycles. The van der Waals surface area contributed by atoms with E-state index in [1.165, 1.54) is 0 Å².